The van der Waals surface area contributed by atoms with Gasteiger partial charge < -0.3 is 14.8 Å². The highest BCUT2D eigenvalue weighted by Crippen LogP contribution is 2.46. The maximum atomic E-state index is 13.6. The molecule has 1 N–H and O–H groups in total. The van der Waals surface area contributed by atoms with E-state index >= 15 is 0 Å². The van der Waals surface area contributed by atoms with Crippen molar-refractivity contribution in [2.24, 2.45) is 11.3 Å². The number of allylic oxidation sites excluding steroid dienone is 1. The van der Waals surface area contributed by atoms with Crippen LogP contribution in [0.5, 0.6) is 0 Å². The van der Waals surface area contributed by atoms with Crippen molar-refractivity contribution >= 4 is 11.9 Å². The van der Waals surface area contributed by atoms with E-state index in [4.69, 9.17) is 9.47 Å². The number of likely N-dealkylation sites (N-methyl/N-ethyl adjacent to an activating group) is 1. The van der Waals surface area contributed by atoms with E-state index < -0.39 is 23.0 Å². The molecule has 172 valence electrons. The van der Waals surface area contributed by atoms with Crippen molar-refractivity contribution in [2.75, 3.05) is 7.05 Å². The Kier molecular flexibility index (Phi) is 8.87. The first-order valence-electron chi connectivity index (χ1n) is 11.4. The molecule has 0 radical (unpaired) electrons. The van der Waals surface area contributed by atoms with Crippen LogP contribution in [0.25, 0.3) is 0 Å². The third-order valence-electron chi connectivity index (χ3n) is 6.09. The molecule has 1 aliphatic carbocycles. The normalized spacial score (nSPS) is 18.6. The molecule has 2 rings (SSSR count). The largest absolute Gasteiger partial charge is 0.460 e. The molecule has 5 nitrogen and oxygen atoms in total. The molecule has 1 saturated carbocycles. The third-order valence-corrected chi connectivity index (χ3v) is 6.09. The molecule has 0 heterocycles. The summed E-state index contributed by atoms with van der Waals surface area (Å²) in [5.74, 6) is -0.882. The van der Waals surface area contributed by atoms with Gasteiger partial charge >= 0.3 is 11.9 Å². The molecule has 0 aromatic heterocycles. The van der Waals surface area contributed by atoms with Gasteiger partial charge in [0.05, 0.1) is 11.3 Å². The minimum Gasteiger partial charge on any atom is -0.460 e. The molecule has 0 spiro atoms. The molecule has 1 fully saturated rings. The lowest BCUT2D eigenvalue weighted by Gasteiger charge is -2.34. The standard InChI is InChI=1S/C26H39NO4/c1-7-13-21(23(28)31-25(3,4)5)18-26(16-11-12-17-26)24(29)30-22(19(2)27-6)20-14-9-8-10-15-20/h7-10,14-15,19,21-22,27H,1,11-13,16-18H2,2-6H3/t19-,21-,22+/m0/s1. The summed E-state index contributed by atoms with van der Waals surface area (Å²) in [6.45, 7) is 11.4. The maximum absolute atomic E-state index is 13.6. The van der Waals surface area contributed by atoms with Crippen LogP contribution in [0.3, 0.4) is 0 Å². The third kappa shape index (κ3) is 6.93. The average molecular weight is 430 g/mol. The lowest BCUT2D eigenvalue weighted by atomic mass is 9.76. The number of rotatable bonds is 10. The number of nitrogens with one attached hydrogen (secondary N) is 1. The van der Waals surface area contributed by atoms with Gasteiger partial charge in [0.1, 0.15) is 11.7 Å². The zero-order chi connectivity index (χ0) is 23.1. The van der Waals surface area contributed by atoms with Gasteiger partial charge in [0.15, 0.2) is 0 Å². The van der Waals surface area contributed by atoms with Crippen LogP contribution in [-0.2, 0) is 19.1 Å². The summed E-state index contributed by atoms with van der Waals surface area (Å²) in [5.41, 5.74) is -0.272. The second-order valence-electron chi connectivity index (χ2n) is 9.76. The van der Waals surface area contributed by atoms with Crippen LogP contribution in [-0.4, -0.2) is 30.6 Å². The molecular formula is C26H39NO4. The van der Waals surface area contributed by atoms with E-state index in [1.165, 1.54) is 0 Å². The minimum absolute atomic E-state index is 0.0420. The monoisotopic (exact) mass is 429 g/mol. The fourth-order valence-electron chi connectivity index (χ4n) is 4.36. The Balaban J connectivity index is 2.26. The Morgan fingerprint density at radius 2 is 1.81 bits per heavy atom. The van der Waals surface area contributed by atoms with Crippen molar-refractivity contribution in [1.29, 1.82) is 0 Å². The van der Waals surface area contributed by atoms with Gasteiger partial charge in [0.2, 0.25) is 0 Å². The number of hydrogen-bond donors (Lipinski definition) is 1. The van der Waals surface area contributed by atoms with E-state index in [0.717, 1.165) is 31.2 Å². The Labute approximate surface area is 187 Å². The van der Waals surface area contributed by atoms with Crippen molar-refractivity contribution < 1.29 is 19.1 Å². The highest BCUT2D eigenvalue weighted by Gasteiger charge is 2.47. The lowest BCUT2D eigenvalue weighted by molar-refractivity contribution is -0.168. The first-order valence-corrected chi connectivity index (χ1v) is 11.4. The number of hydrogen-bond acceptors (Lipinski definition) is 5. The molecule has 3 atom stereocenters. The molecule has 0 saturated heterocycles. The summed E-state index contributed by atoms with van der Waals surface area (Å²) in [6, 6.07) is 9.77. The van der Waals surface area contributed by atoms with Crippen molar-refractivity contribution in [2.45, 2.75) is 84.0 Å². The van der Waals surface area contributed by atoms with Gasteiger partial charge in [-0.1, -0.05) is 49.2 Å². The van der Waals surface area contributed by atoms with E-state index in [0.29, 0.717) is 12.8 Å². The molecule has 5 heteroatoms. The van der Waals surface area contributed by atoms with Crippen LogP contribution in [0.4, 0.5) is 0 Å². The van der Waals surface area contributed by atoms with Crippen molar-refractivity contribution in [3.8, 4) is 0 Å². The number of carbonyl (C=O) groups excluding carboxylic acids is 2. The van der Waals surface area contributed by atoms with Crippen molar-refractivity contribution in [1.82, 2.24) is 5.32 Å². The molecule has 31 heavy (non-hydrogen) atoms. The SMILES string of the molecule is C=CC[C@@H](CC1(C(=O)O[C@@H](c2ccccc2)[C@H](C)NC)CCCC1)C(=O)OC(C)(C)C. The summed E-state index contributed by atoms with van der Waals surface area (Å²) in [5, 5.41) is 3.21. The molecule has 0 bridgehead atoms. The van der Waals surface area contributed by atoms with Crippen LogP contribution in [0.1, 0.15) is 77.9 Å². The van der Waals surface area contributed by atoms with Gasteiger partial charge in [-0.25, -0.2) is 0 Å². The van der Waals surface area contributed by atoms with Gasteiger partial charge in [-0.2, -0.15) is 0 Å². The molecule has 1 aromatic carbocycles. The van der Waals surface area contributed by atoms with Gasteiger partial charge in [-0.15, -0.1) is 6.58 Å². The highest BCUT2D eigenvalue weighted by molar-refractivity contribution is 5.80. The summed E-state index contributed by atoms with van der Waals surface area (Å²) in [7, 11) is 1.86. The zero-order valence-electron chi connectivity index (χ0n) is 19.8. The second kappa shape index (κ2) is 10.9. The fourth-order valence-corrected chi connectivity index (χ4v) is 4.36. The minimum atomic E-state index is -0.662. The number of benzene rings is 1. The van der Waals surface area contributed by atoms with Gasteiger partial charge in [0.25, 0.3) is 0 Å². The van der Waals surface area contributed by atoms with Crippen molar-refractivity contribution in [3.63, 3.8) is 0 Å². The van der Waals surface area contributed by atoms with Gasteiger partial charge in [-0.05, 0) is 66.0 Å². The molecule has 1 aliphatic rings. The quantitative estimate of drug-likeness (QED) is 0.400. The molecular weight excluding hydrogens is 390 g/mol. The average Bonchev–Trinajstić information content (AvgIpc) is 3.20. The van der Waals surface area contributed by atoms with Gasteiger partial charge in [-0.3, -0.25) is 9.59 Å². The maximum Gasteiger partial charge on any atom is 0.312 e. The first-order chi connectivity index (χ1) is 14.6. The number of ether oxygens (including phenoxy) is 2. The van der Waals surface area contributed by atoms with E-state index in [2.05, 4.69) is 11.9 Å². The number of esters is 2. The van der Waals surface area contributed by atoms with Crippen LogP contribution in [0, 0.1) is 11.3 Å². The second-order valence-corrected chi connectivity index (χ2v) is 9.76. The molecule has 0 unspecified atom stereocenters. The smallest absolute Gasteiger partial charge is 0.312 e. The summed E-state index contributed by atoms with van der Waals surface area (Å²) >= 11 is 0. The van der Waals surface area contributed by atoms with Crippen LogP contribution < -0.4 is 5.32 Å². The Bertz CT molecular complexity index is 732. The van der Waals surface area contributed by atoms with Gasteiger partial charge in [0, 0.05) is 6.04 Å². The molecule has 1 aromatic rings. The van der Waals surface area contributed by atoms with E-state index in [9.17, 15) is 9.59 Å². The summed E-state index contributed by atoms with van der Waals surface area (Å²) < 4.78 is 11.8. The van der Waals surface area contributed by atoms with Crippen LogP contribution in [0.2, 0.25) is 0 Å². The van der Waals surface area contributed by atoms with E-state index in [-0.39, 0.29) is 18.0 Å². The van der Waals surface area contributed by atoms with E-state index in [1.807, 2.05) is 65.1 Å². The summed E-state index contributed by atoms with van der Waals surface area (Å²) in [4.78, 5) is 26.5. The topological polar surface area (TPSA) is 64.6 Å². The van der Waals surface area contributed by atoms with Crippen LogP contribution >= 0.6 is 0 Å². The van der Waals surface area contributed by atoms with Crippen molar-refractivity contribution in [3.05, 3.63) is 48.6 Å². The number of carbonyl (C=O) groups is 2. The first kappa shape index (κ1) is 25.1. The molecule has 0 amide bonds. The zero-order valence-corrected chi connectivity index (χ0v) is 19.8. The summed E-state index contributed by atoms with van der Waals surface area (Å²) in [6.07, 6.45) is 5.65. The molecule has 0 aliphatic heterocycles. The Hall–Kier alpha value is -2.14. The fraction of sp³-hybridized carbons (Fsp3) is 0.615. The lowest BCUT2D eigenvalue weighted by Crippen LogP contribution is -2.40. The Morgan fingerprint density at radius 3 is 2.32 bits per heavy atom. The predicted molar refractivity (Wildman–Crippen MR) is 123 cm³/mol. The Morgan fingerprint density at radius 1 is 1.19 bits per heavy atom. The van der Waals surface area contributed by atoms with E-state index in [1.54, 1.807) is 6.08 Å². The van der Waals surface area contributed by atoms with Crippen LogP contribution in [0.15, 0.2) is 43.0 Å². The predicted octanol–water partition coefficient (Wildman–Crippen LogP) is 5.36. The highest BCUT2D eigenvalue weighted by atomic mass is 16.6.